The number of piperidine rings is 1. The van der Waals surface area contributed by atoms with Crippen LogP contribution in [0.25, 0.3) is 0 Å². The number of anilines is 1. The molecule has 122 valence electrons. The summed E-state index contributed by atoms with van der Waals surface area (Å²) in [7, 11) is 0. The number of carbonyl (C=O) groups excluding carboxylic acids is 1. The molecule has 2 heterocycles. The fourth-order valence-electron chi connectivity index (χ4n) is 6.68. The number of fused-ring (bicyclic) bond motifs is 4. The van der Waals surface area contributed by atoms with Gasteiger partial charge in [-0.05, 0) is 68.4 Å². The maximum Gasteiger partial charge on any atom is 0.235 e. The van der Waals surface area contributed by atoms with Gasteiger partial charge in [-0.3, -0.25) is 4.79 Å². The monoisotopic (exact) mass is 310 g/mol. The number of amides is 1. The highest BCUT2D eigenvalue weighted by Crippen LogP contribution is 2.68. The predicted octanol–water partition coefficient (Wildman–Crippen LogP) is 3.45. The van der Waals surface area contributed by atoms with Crippen LogP contribution in [0.5, 0.6) is 0 Å². The van der Waals surface area contributed by atoms with Crippen molar-refractivity contribution >= 4 is 11.6 Å². The van der Waals surface area contributed by atoms with Gasteiger partial charge in [-0.2, -0.15) is 0 Å². The quantitative estimate of drug-likeness (QED) is 0.770. The second-order valence-electron chi connectivity index (χ2n) is 9.08. The fourth-order valence-corrected chi connectivity index (χ4v) is 6.68. The Kier molecular flexibility index (Phi) is 2.44. The zero-order valence-electron chi connectivity index (χ0n) is 14.3. The Labute approximate surface area is 138 Å². The molecule has 2 aliphatic carbocycles. The summed E-state index contributed by atoms with van der Waals surface area (Å²) in [5.41, 5.74) is 2.23. The van der Waals surface area contributed by atoms with Crippen LogP contribution in [-0.2, 0) is 10.2 Å². The average Bonchev–Trinajstić information content (AvgIpc) is 2.94. The van der Waals surface area contributed by atoms with E-state index in [1.807, 2.05) is 6.07 Å². The minimum Gasteiger partial charge on any atom is -0.325 e. The van der Waals surface area contributed by atoms with Gasteiger partial charge < -0.3 is 10.6 Å². The molecule has 5 atom stereocenters. The molecule has 3 heteroatoms. The van der Waals surface area contributed by atoms with E-state index < -0.39 is 0 Å². The Morgan fingerprint density at radius 1 is 1.17 bits per heavy atom. The van der Waals surface area contributed by atoms with Crippen LogP contribution < -0.4 is 10.6 Å². The molecule has 2 N–H and O–H groups in total. The first-order valence-corrected chi connectivity index (χ1v) is 9.07. The zero-order chi connectivity index (χ0) is 16.0. The van der Waals surface area contributed by atoms with Gasteiger partial charge in [-0.15, -0.1) is 0 Å². The highest BCUT2D eigenvalue weighted by Gasteiger charge is 2.70. The second kappa shape index (κ2) is 4.00. The van der Waals surface area contributed by atoms with E-state index in [1.165, 1.54) is 24.8 Å². The van der Waals surface area contributed by atoms with E-state index in [0.717, 1.165) is 18.0 Å². The molecule has 3 fully saturated rings. The lowest BCUT2D eigenvalue weighted by Crippen LogP contribution is -2.61. The molecule has 1 spiro atoms. The third-order valence-corrected chi connectivity index (χ3v) is 7.96. The van der Waals surface area contributed by atoms with Crippen molar-refractivity contribution in [1.29, 1.82) is 0 Å². The number of para-hydroxylation sites is 1. The highest BCUT2D eigenvalue weighted by atomic mass is 16.2. The van der Waals surface area contributed by atoms with E-state index in [4.69, 9.17) is 0 Å². The summed E-state index contributed by atoms with van der Waals surface area (Å²) >= 11 is 0. The standard InChI is InChI=1S/C20H26N2O/c1-18(2)12-8-9-19(3)14(10-12)16(22-18)11-20(19)13-6-4-5-7-15(13)21-17(20)23/h4-7,12,14,16,22H,8-11H2,1-3H3,(H,21,23)/t12-,14+,16+,19+,20+/m0/s1. The van der Waals surface area contributed by atoms with Gasteiger partial charge in [0.05, 0.1) is 5.41 Å². The molecule has 23 heavy (non-hydrogen) atoms. The summed E-state index contributed by atoms with van der Waals surface area (Å²) < 4.78 is 0. The van der Waals surface area contributed by atoms with Gasteiger partial charge in [0.2, 0.25) is 5.91 Å². The van der Waals surface area contributed by atoms with Gasteiger partial charge in [0.1, 0.15) is 0 Å². The molecule has 1 aromatic rings. The Morgan fingerprint density at radius 3 is 2.78 bits per heavy atom. The molecule has 4 aliphatic rings. The summed E-state index contributed by atoms with van der Waals surface area (Å²) in [6, 6.07) is 8.84. The van der Waals surface area contributed by atoms with E-state index in [2.05, 4.69) is 49.6 Å². The van der Waals surface area contributed by atoms with E-state index in [9.17, 15) is 4.79 Å². The van der Waals surface area contributed by atoms with Crippen molar-refractivity contribution in [2.24, 2.45) is 17.3 Å². The first kappa shape index (κ1) is 14.0. The molecule has 1 amide bonds. The minimum atomic E-state index is -0.336. The Bertz CT molecular complexity index is 711. The molecule has 2 saturated carbocycles. The molecule has 2 bridgehead atoms. The third-order valence-electron chi connectivity index (χ3n) is 7.96. The topological polar surface area (TPSA) is 41.1 Å². The summed E-state index contributed by atoms with van der Waals surface area (Å²) in [6.07, 6.45) is 4.63. The summed E-state index contributed by atoms with van der Waals surface area (Å²) in [4.78, 5) is 13.2. The van der Waals surface area contributed by atoms with E-state index >= 15 is 0 Å². The minimum absolute atomic E-state index is 0.0777. The van der Waals surface area contributed by atoms with Crippen LogP contribution in [0.3, 0.4) is 0 Å². The van der Waals surface area contributed by atoms with Crippen LogP contribution in [0, 0.1) is 17.3 Å². The van der Waals surface area contributed by atoms with Crippen molar-refractivity contribution in [3.8, 4) is 0 Å². The molecular formula is C20H26N2O. The SMILES string of the molecule is CC1(C)N[C@@H]2C[C@@]3(C(=O)Nc4ccccc43)[C@]3(C)CC[C@H]1C[C@H]23. The van der Waals surface area contributed by atoms with E-state index in [0.29, 0.717) is 12.0 Å². The van der Waals surface area contributed by atoms with Gasteiger partial charge in [0.15, 0.2) is 0 Å². The average molecular weight is 310 g/mol. The van der Waals surface area contributed by atoms with Gasteiger partial charge in [0.25, 0.3) is 0 Å². The number of nitrogens with one attached hydrogen (secondary N) is 2. The predicted molar refractivity (Wildman–Crippen MR) is 91.3 cm³/mol. The largest absolute Gasteiger partial charge is 0.325 e. The number of rotatable bonds is 0. The number of benzene rings is 1. The maximum atomic E-state index is 13.2. The molecule has 0 aromatic heterocycles. The van der Waals surface area contributed by atoms with Crippen LogP contribution in [-0.4, -0.2) is 17.5 Å². The Morgan fingerprint density at radius 2 is 1.96 bits per heavy atom. The van der Waals surface area contributed by atoms with E-state index in [-0.39, 0.29) is 22.3 Å². The summed E-state index contributed by atoms with van der Waals surface area (Å²) in [5, 5.41) is 7.13. The van der Waals surface area contributed by atoms with Crippen LogP contribution in [0.1, 0.15) is 52.0 Å². The summed E-state index contributed by atoms with van der Waals surface area (Å²) in [5.74, 6) is 1.60. The first-order valence-electron chi connectivity index (χ1n) is 9.07. The molecule has 1 saturated heterocycles. The molecule has 1 aromatic carbocycles. The maximum absolute atomic E-state index is 13.2. The smallest absolute Gasteiger partial charge is 0.235 e. The van der Waals surface area contributed by atoms with Crippen molar-refractivity contribution in [3.05, 3.63) is 29.8 Å². The Hall–Kier alpha value is -1.35. The van der Waals surface area contributed by atoms with Crippen molar-refractivity contribution in [1.82, 2.24) is 5.32 Å². The van der Waals surface area contributed by atoms with Gasteiger partial charge in [0, 0.05) is 17.3 Å². The summed E-state index contributed by atoms with van der Waals surface area (Å²) in [6.45, 7) is 7.10. The lowest BCUT2D eigenvalue weighted by Gasteiger charge is -2.55. The number of hydrogen-bond donors (Lipinski definition) is 2. The van der Waals surface area contributed by atoms with Crippen molar-refractivity contribution in [3.63, 3.8) is 0 Å². The van der Waals surface area contributed by atoms with E-state index in [1.54, 1.807) is 0 Å². The normalized spacial score (nSPS) is 45.9. The van der Waals surface area contributed by atoms with Gasteiger partial charge >= 0.3 is 0 Å². The van der Waals surface area contributed by atoms with Crippen LogP contribution in [0.15, 0.2) is 24.3 Å². The van der Waals surface area contributed by atoms with Crippen LogP contribution in [0.2, 0.25) is 0 Å². The number of carbonyl (C=O) groups is 1. The fraction of sp³-hybridized carbons (Fsp3) is 0.650. The molecule has 3 nitrogen and oxygen atoms in total. The van der Waals surface area contributed by atoms with Crippen molar-refractivity contribution < 1.29 is 4.79 Å². The lowest BCUT2D eigenvalue weighted by atomic mass is 9.52. The number of hydrogen-bond acceptors (Lipinski definition) is 2. The third kappa shape index (κ3) is 1.44. The molecule has 2 aliphatic heterocycles. The first-order chi connectivity index (χ1) is 10.9. The van der Waals surface area contributed by atoms with Gasteiger partial charge in [-0.1, -0.05) is 25.1 Å². The van der Waals surface area contributed by atoms with Crippen molar-refractivity contribution in [2.45, 2.75) is 63.5 Å². The molecule has 5 rings (SSSR count). The second-order valence-corrected chi connectivity index (χ2v) is 9.08. The van der Waals surface area contributed by atoms with Crippen molar-refractivity contribution in [2.75, 3.05) is 5.32 Å². The highest BCUT2D eigenvalue weighted by molar-refractivity contribution is 6.07. The molecule has 0 radical (unpaired) electrons. The Balaban J connectivity index is 1.71. The van der Waals surface area contributed by atoms with Crippen LogP contribution in [0.4, 0.5) is 5.69 Å². The van der Waals surface area contributed by atoms with Gasteiger partial charge in [-0.25, -0.2) is 0 Å². The molecular weight excluding hydrogens is 284 g/mol. The lowest BCUT2D eigenvalue weighted by molar-refractivity contribution is -0.126. The molecule has 0 unspecified atom stereocenters. The van der Waals surface area contributed by atoms with Crippen LogP contribution >= 0.6 is 0 Å². The zero-order valence-corrected chi connectivity index (χ0v) is 14.3.